The Bertz CT molecular complexity index is 1090. The Morgan fingerprint density at radius 2 is 2.04 bits per heavy atom. The van der Waals surface area contributed by atoms with Crippen LogP contribution in [0.5, 0.6) is 0 Å². The van der Waals surface area contributed by atoms with Gasteiger partial charge >= 0.3 is 0 Å². The van der Waals surface area contributed by atoms with Crippen molar-refractivity contribution in [2.45, 2.75) is 0 Å². The third kappa shape index (κ3) is 2.39. The predicted molar refractivity (Wildman–Crippen MR) is 101 cm³/mol. The lowest BCUT2D eigenvalue weighted by molar-refractivity contribution is 0.630. The molecule has 0 atom stereocenters. The van der Waals surface area contributed by atoms with Crippen LogP contribution in [0.25, 0.3) is 28.1 Å². The van der Waals surface area contributed by atoms with Gasteiger partial charge in [-0.2, -0.15) is 4.98 Å². The van der Waals surface area contributed by atoms with Gasteiger partial charge in [-0.25, -0.2) is 4.39 Å². The number of halogens is 3. The van der Waals surface area contributed by atoms with E-state index in [1.165, 1.54) is 6.07 Å². The van der Waals surface area contributed by atoms with Crippen LogP contribution < -0.4 is 5.32 Å². The van der Waals surface area contributed by atoms with Crippen molar-refractivity contribution in [3.05, 3.63) is 50.8 Å². The zero-order chi connectivity index (χ0) is 16.8. The van der Waals surface area contributed by atoms with Crippen molar-refractivity contribution in [1.29, 1.82) is 0 Å². The van der Waals surface area contributed by atoms with Gasteiger partial charge in [-0.15, -0.1) is 10.2 Å². The highest BCUT2D eigenvalue weighted by Crippen LogP contribution is 2.30. The van der Waals surface area contributed by atoms with Gasteiger partial charge in [0.2, 0.25) is 0 Å². The SMILES string of the molecule is CNc1nc2nnc(-c3cccc(I)c3)n2c2cc(Cl)c(F)cc12. The Morgan fingerprint density at radius 1 is 1.21 bits per heavy atom. The fourth-order valence-corrected chi connectivity index (χ4v) is 3.35. The van der Waals surface area contributed by atoms with E-state index in [9.17, 15) is 4.39 Å². The Labute approximate surface area is 155 Å². The maximum absolute atomic E-state index is 13.9. The number of aromatic nitrogens is 4. The highest BCUT2D eigenvalue weighted by atomic mass is 127. The summed E-state index contributed by atoms with van der Waals surface area (Å²) in [4.78, 5) is 4.43. The first-order valence-corrected chi connectivity index (χ1v) is 8.51. The highest BCUT2D eigenvalue weighted by molar-refractivity contribution is 14.1. The molecule has 0 saturated heterocycles. The van der Waals surface area contributed by atoms with Gasteiger partial charge in [-0.3, -0.25) is 4.40 Å². The topological polar surface area (TPSA) is 55.1 Å². The van der Waals surface area contributed by atoms with Crippen LogP contribution in [0.1, 0.15) is 0 Å². The molecular weight excluding hydrogens is 444 g/mol. The van der Waals surface area contributed by atoms with E-state index in [4.69, 9.17) is 11.6 Å². The second kappa shape index (κ2) is 5.82. The summed E-state index contributed by atoms with van der Waals surface area (Å²) in [6.45, 7) is 0. The summed E-state index contributed by atoms with van der Waals surface area (Å²) in [6.07, 6.45) is 0. The zero-order valence-electron chi connectivity index (χ0n) is 12.4. The molecule has 0 fully saturated rings. The minimum absolute atomic E-state index is 0.0411. The first kappa shape index (κ1) is 15.5. The number of hydrogen-bond donors (Lipinski definition) is 1. The molecule has 2 heterocycles. The van der Waals surface area contributed by atoms with Crippen molar-refractivity contribution in [3.63, 3.8) is 0 Å². The monoisotopic (exact) mass is 453 g/mol. The smallest absolute Gasteiger partial charge is 0.257 e. The Kier molecular flexibility index (Phi) is 3.76. The maximum atomic E-state index is 13.9. The van der Waals surface area contributed by atoms with Crippen LogP contribution in [0.15, 0.2) is 36.4 Å². The Hall–Kier alpha value is -2.00. The molecule has 5 nitrogen and oxygen atoms in total. The molecule has 0 spiro atoms. The molecule has 2 aromatic heterocycles. The minimum atomic E-state index is -0.495. The van der Waals surface area contributed by atoms with Crippen molar-refractivity contribution in [2.75, 3.05) is 12.4 Å². The van der Waals surface area contributed by atoms with E-state index in [1.54, 1.807) is 17.5 Å². The van der Waals surface area contributed by atoms with Gasteiger partial charge in [0.1, 0.15) is 11.6 Å². The molecule has 0 unspecified atom stereocenters. The normalized spacial score (nSPS) is 11.3. The number of nitrogens with zero attached hydrogens (tertiary/aromatic N) is 4. The van der Waals surface area contributed by atoms with Crippen LogP contribution in [0.4, 0.5) is 10.2 Å². The van der Waals surface area contributed by atoms with E-state index in [2.05, 4.69) is 43.1 Å². The lowest BCUT2D eigenvalue weighted by Crippen LogP contribution is -2.01. The third-order valence-electron chi connectivity index (χ3n) is 3.71. The van der Waals surface area contributed by atoms with Crippen molar-refractivity contribution >= 4 is 56.7 Å². The molecule has 8 heteroatoms. The summed E-state index contributed by atoms with van der Waals surface area (Å²) in [6, 6.07) is 10.8. The molecule has 120 valence electrons. The van der Waals surface area contributed by atoms with Crippen LogP contribution in [0.2, 0.25) is 5.02 Å². The lowest BCUT2D eigenvalue weighted by Gasteiger charge is -2.10. The number of hydrogen-bond acceptors (Lipinski definition) is 4. The third-order valence-corrected chi connectivity index (χ3v) is 4.67. The predicted octanol–water partition coefficient (Wildman–Crippen LogP) is 4.38. The molecule has 24 heavy (non-hydrogen) atoms. The van der Waals surface area contributed by atoms with Gasteiger partial charge in [0, 0.05) is 21.6 Å². The molecule has 1 N–H and O–H groups in total. The van der Waals surface area contributed by atoms with Crippen molar-refractivity contribution in [1.82, 2.24) is 19.6 Å². The van der Waals surface area contributed by atoms with Crippen molar-refractivity contribution in [3.8, 4) is 11.4 Å². The average Bonchev–Trinajstić information content (AvgIpc) is 2.99. The van der Waals surface area contributed by atoms with E-state index < -0.39 is 5.82 Å². The second-order valence-corrected chi connectivity index (χ2v) is 6.82. The first-order valence-electron chi connectivity index (χ1n) is 7.06. The number of nitrogens with one attached hydrogen (secondary N) is 1. The fraction of sp³-hybridized carbons (Fsp3) is 0.0625. The van der Waals surface area contributed by atoms with Gasteiger partial charge in [0.05, 0.1) is 10.5 Å². The largest absolute Gasteiger partial charge is 0.372 e. The lowest BCUT2D eigenvalue weighted by atomic mass is 10.2. The molecule has 0 aliphatic carbocycles. The number of benzene rings is 2. The molecule has 0 bridgehead atoms. The first-order chi connectivity index (χ1) is 11.6. The molecular formula is C16H10ClFIN5. The van der Waals surface area contributed by atoms with E-state index in [0.29, 0.717) is 28.3 Å². The Morgan fingerprint density at radius 3 is 2.79 bits per heavy atom. The quantitative estimate of drug-likeness (QED) is 0.458. The van der Waals surface area contributed by atoms with Crippen molar-refractivity contribution in [2.24, 2.45) is 0 Å². The van der Waals surface area contributed by atoms with Crippen LogP contribution in [0, 0.1) is 9.39 Å². The van der Waals surface area contributed by atoms with E-state index in [0.717, 1.165) is 9.13 Å². The van der Waals surface area contributed by atoms with Gasteiger partial charge in [0.15, 0.2) is 5.82 Å². The molecule has 0 aliphatic heterocycles. The molecule has 4 aromatic rings. The van der Waals surface area contributed by atoms with E-state index >= 15 is 0 Å². The zero-order valence-corrected chi connectivity index (χ0v) is 15.3. The van der Waals surface area contributed by atoms with Crippen LogP contribution >= 0.6 is 34.2 Å². The summed E-state index contributed by atoms with van der Waals surface area (Å²) in [7, 11) is 1.72. The van der Waals surface area contributed by atoms with Crippen LogP contribution in [-0.2, 0) is 0 Å². The minimum Gasteiger partial charge on any atom is -0.372 e. The van der Waals surface area contributed by atoms with Gasteiger partial charge in [-0.05, 0) is 46.9 Å². The standard InChI is InChI=1S/C16H10ClFIN5/c1-20-14-10-6-12(18)11(17)7-13(10)24-15(22-23-16(24)21-14)8-3-2-4-9(19)5-8/h2-7H,1H3,(H,20,21,23). The number of fused-ring (bicyclic) bond motifs is 3. The molecule has 0 saturated carbocycles. The molecule has 4 rings (SSSR count). The van der Waals surface area contributed by atoms with Gasteiger partial charge < -0.3 is 5.32 Å². The summed E-state index contributed by atoms with van der Waals surface area (Å²) in [5.74, 6) is 1.08. The molecule has 2 aromatic carbocycles. The highest BCUT2D eigenvalue weighted by Gasteiger charge is 2.17. The van der Waals surface area contributed by atoms with Crippen LogP contribution in [0.3, 0.4) is 0 Å². The fourth-order valence-electron chi connectivity index (χ4n) is 2.65. The average molecular weight is 454 g/mol. The summed E-state index contributed by atoms with van der Waals surface area (Å²) >= 11 is 8.24. The second-order valence-electron chi connectivity index (χ2n) is 5.16. The summed E-state index contributed by atoms with van der Waals surface area (Å²) < 4.78 is 16.8. The van der Waals surface area contributed by atoms with Gasteiger partial charge in [-0.1, -0.05) is 23.7 Å². The van der Waals surface area contributed by atoms with E-state index in [1.807, 2.05) is 24.3 Å². The number of anilines is 1. The molecule has 0 radical (unpaired) electrons. The number of rotatable bonds is 2. The van der Waals surface area contributed by atoms with Gasteiger partial charge in [0.25, 0.3) is 5.78 Å². The summed E-state index contributed by atoms with van der Waals surface area (Å²) in [5.41, 5.74) is 1.59. The summed E-state index contributed by atoms with van der Waals surface area (Å²) in [5, 5.41) is 12.0. The molecule has 0 aliphatic rings. The maximum Gasteiger partial charge on any atom is 0.257 e. The van der Waals surface area contributed by atoms with E-state index in [-0.39, 0.29) is 5.02 Å². The van der Waals surface area contributed by atoms with Crippen LogP contribution in [-0.4, -0.2) is 26.6 Å². The van der Waals surface area contributed by atoms with Crippen molar-refractivity contribution < 1.29 is 4.39 Å². The molecule has 0 amide bonds. The Balaban J connectivity index is 2.15.